The monoisotopic (exact) mass is 404 g/mol. The van der Waals surface area contributed by atoms with Gasteiger partial charge in [0, 0.05) is 6.04 Å². The van der Waals surface area contributed by atoms with E-state index in [1.54, 1.807) is 48.5 Å². The van der Waals surface area contributed by atoms with Crippen LogP contribution in [0.4, 0.5) is 5.69 Å². The van der Waals surface area contributed by atoms with Crippen LogP contribution in [0.15, 0.2) is 53.4 Å². The fraction of sp³-hybridized carbons (Fsp3) is 0.381. The SMILES string of the molecule is CCOc1ccccc1N(CC(=O)N[C@H](C)CC)S(=O)(=O)c1ccc(C)cc1. The predicted molar refractivity (Wildman–Crippen MR) is 111 cm³/mol. The largest absolute Gasteiger partial charge is 0.492 e. The van der Waals surface area contributed by atoms with Gasteiger partial charge in [-0.1, -0.05) is 36.8 Å². The number of rotatable bonds is 9. The van der Waals surface area contributed by atoms with Crippen molar-refractivity contribution in [3.63, 3.8) is 0 Å². The van der Waals surface area contributed by atoms with Crippen molar-refractivity contribution in [3.8, 4) is 5.75 Å². The number of amides is 1. The fourth-order valence-electron chi connectivity index (χ4n) is 2.63. The summed E-state index contributed by atoms with van der Waals surface area (Å²) in [6, 6.07) is 13.4. The van der Waals surface area contributed by atoms with E-state index in [9.17, 15) is 13.2 Å². The van der Waals surface area contributed by atoms with E-state index < -0.39 is 10.0 Å². The number of carbonyl (C=O) groups excluding carboxylic acids is 1. The molecule has 0 saturated heterocycles. The Labute approximate surface area is 167 Å². The first-order valence-corrected chi connectivity index (χ1v) is 10.8. The maximum Gasteiger partial charge on any atom is 0.264 e. The minimum absolute atomic E-state index is 0.0430. The Morgan fingerprint density at radius 3 is 2.36 bits per heavy atom. The van der Waals surface area contributed by atoms with Crippen molar-refractivity contribution < 1.29 is 17.9 Å². The Bertz CT molecular complexity index is 895. The number of nitrogens with zero attached hydrogens (tertiary/aromatic N) is 1. The molecular formula is C21H28N2O4S. The Balaban J connectivity index is 2.50. The van der Waals surface area contributed by atoms with Gasteiger partial charge < -0.3 is 10.1 Å². The lowest BCUT2D eigenvalue weighted by atomic mass is 10.2. The topological polar surface area (TPSA) is 75.7 Å². The van der Waals surface area contributed by atoms with Gasteiger partial charge in [0.1, 0.15) is 12.3 Å². The number of hydrogen-bond acceptors (Lipinski definition) is 4. The summed E-state index contributed by atoms with van der Waals surface area (Å²) in [5, 5.41) is 2.83. The van der Waals surface area contributed by atoms with Gasteiger partial charge in [0.05, 0.1) is 17.2 Å². The molecule has 28 heavy (non-hydrogen) atoms. The normalized spacial score (nSPS) is 12.3. The average Bonchev–Trinajstić information content (AvgIpc) is 2.67. The summed E-state index contributed by atoms with van der Waals surface area (Å²) in [4.78, 5) is 12.7. The smallest absolute Gasteiger partial charge is 0.264 e. The number of hydrogen-bond donors (Lipinski definition) is 1. The van der Waals surface area contributed by atoms with Crippen LogP contribution < -0.4 is 14.4 Å². The van der Waals surface area contributed by atoms with Crippen LogP contribution in [0.25, 0.3) is 0 Å². The number of benzene rings is 2. The molecule has 7 heteroatoms. The van der Waals surface area contributed by atoms with Crippen molar-refractivity contribution in [1.82, 2.24) is 5.32 Å². The first-order valence-electron chi connectivity index (χ1n) is 9.40. The third-order valence-corrected chi connectivity index (χ3v) is 6.12. The van der Waals surface area contributed by atoms with E-state index in [4.69, 9.17) is 4.74 Å². The van der Waals surface area contributed by atoms with Crippen molar-refractivity contribution in [2.45, 2.75) is 45.1 Å². The van der Waals surface area contributed by atoms with Gasteiger partial charge in [-0.15, -0.1) is 0 Å². The van der Waals surface area contributed by atoms with Crippen LogP contribution in [0, 0.1) is 6.92 Å². The van der Waals surface area contributed by atoms with Gasteiger partial charge in [0.15, 0.2) is 0 Å². The summed E-state index contributed by atoms with van der Waals surface area (Å²) in [5.41, 5.74) is 1.29. The maximum absolute atomic E-state index is 13.4. The third kappa shape index (κ3) is 5.25. The van der Waals surface area contributed by atoms with Crippen molar-refractivity contribution in [2.75, 3.05) is 17.5 Å². The molecule has 0 bridgehead atoms. The van der Waals surface area contributed by atoms with Crippen LogP contribution in [0.3, 0.4) is 0 Å². The van der Waals surface area contributed by atoms with Gasteiger partial charge in [-0.25, -0.2) is 8.42 Å². The summed E-state index contributed by atoms with van der Waals surface area (Å²) in [5.74, 6) is 0.0494. The summed E-state index contributed by atoms with van der Waals surface area (Å²) >= 11 is 0. The average molecular weight is 405 g/mol. The molecule has 0 radical (unpaired) electrons. The molecule has 2 aromatic carbocycles. The predicted octanol–water partition coefficient (Wildman–Crippen LogP) is 3.50. The standard InChI is InChI=1S/C21H28N2O4S/c1-5-17(4)22-21(24)15-23(19-9-7-8-10-20(19)27-6-2)28(25,26)18-13-11-16(3)12-14-18/h7-14,17H,5-6,15H2,1-4H3,(H,22,24)/t17-/m1/s1. The molecule has 0 aromatic heterocycles. The zero-order chi connectivity index (χ0) is 20.7. The Hall–Kier alpha value is -2.54. The zero-order valence-electron chi connectivity index (χ0n) is 16.8. The number of anilines is 1. The molecule has 0 spiro atoms. The number of ether oxygens (including phenoxy) is 1. The molecule has 6 nitrogen and oxygen atoms in total. The van der Waals surface area contributed by atoms with Crippen molar-refractivity contribution in [1.29, 1.82) is 0 Å². The van der Waals surface area contributed by atoms with E-state index in [1.807, 2.05) is 27.7 Å². The van der Waals surface area contributed by atoms with E-state index in [0.29, 0.717) is 18.0 Å². The van der Waals surface area contributed by atoms with Crippen molar-refractivity contribution >= 4 is 21.6 Å². The summed E-state index contributed by atoms with van der Waals surface area (Å²) in [6.45, 7) is 7.60. The Morgan fingerprint density at radius 1 is 1.11 bits per heavy atom. The van der Waals surface area contributed by atoms with Crippen molar-refractivity contribution in [3.05, 3.63) is 54.1 Å². The quantitative estimate of drug-likeness (QED) is 0.694. The minimum atomic E-state index is -3.96. The highest BCUT2D eigenvalue weighted by atomic mass is 32.2. The molecule has 0 aliphatic carbocycles. The first kappa shape index (κ1) is 21.8. The number of para-hydroxylation sites is 2. The summed E-state index contributed by atoms with van der Waals surface area (Å²) < 4.78 is 33.5. The highest BCUT2D eigenvalue weighted by Gasteiger charge is 2.29. The molecule has 152 valence electrons. The fourth-order valence-corrected chi connectivity index (χ4v) is 4.06. The van der Waals surface area contributed by atoms with Gasteiger partial charge in [0.25, 0.3) is 10.0 Å². The molecule has 0 fully saturated rings. The maximum atomic E-state index is 13.4. The summed E-state index contributed by atoms with van der Waals surface area (Å²) in [7, 11) is -3.96. The number of aryl methyl sites for hydroxylation is 1. The van der Waals surface area contributed by atoms with Gasteiger partial charge in [-0.2, -0.15) is 0 Å². The van der Waals surface area contributed by atoms with Gasteiger partial charge in [-0.3, -0.25) is 9.10 Å². The van der Waals surface area contributed by atoms with Crippen LogP contribution in [0.5, 0.6) is 5.75 Å². The molecular weight excluding hydrogens is 376 g/mol. The lowest BCUT2D eigenvalue weighted by Gasteiger charge is -2.26. The van der Waals surface area contributed by atoms with Crippen LogP contribution >= 0.6 is 0 Å². The summed E-state index contributed by atoms with van der Waals surface area (Å²) in [6.07, 6.45) is 0.756. The zero-order valence-corrected chi connectivity index (χ0v) is 17.6. The molecule has 1 N–H and O–H groups in total. The highest BCUT2D eigenvalue weighted by Crippen LogP contribution is 2.32. The molecule has 1 amide bonds. The number of sulfonamides is 1. The molecule has 1 atom stereocenters. The van der Waals surface area contributed by atoms with E-state index in [0.717, 1.165) is 16.3 Å². The Kier molecular flexibility index (Phi) is 7.45. The van der Waals surface area contributed by atoms with Crippen LogP contribution in [-0.2, 0) is 14.8 Å². The minimum Gasteiger partial charge on any atom is -0.492 e. The second-order valence-electron chi connectivity index (χ2n) is 6.60. The Morgan fingerprint density at radius 2 is 1.75 bits per heavy atom. The van der Waals surface area contributed by atoms with E-state index in [2.05, 4.69) is 5.32 Å². The van der Waals surface area contributed by atoms with Gasteiger partial charge in [0.2, 0.25) is 5.91 Å². The lowest BCUT2D eigenvalue weighted by Crippen LogP contribution is -2.43. The molecule has 0 aliphatic heterocycles. The van der Waals surface area contributed by atoms with E-state index in [-0.39, 0.29) is 23.4 Å². The van der Waals surface area contributed by atoms with Gasteiger partial charge >= 0.3 is 0 Å². The molecule has 0 saturated carbocycles. The van der Waals surface area contributed by atoms with E-state index in [1.165, 1.54) is 0 Å². The molecule has 2 aromatic rings. The second kappa shape index (κ2) is 9.59. The van der Waals surface area contributed by atoms with Gasteiger partial charge in [-0.05, 0) is 51.5 Å². The number of nitrogens with one attached hydrogen (secondary N) is 1. The van der Waals surface area contributed by atoms with Crippen LogP contribution in [0.2, 0.25) is 0 Å². The lowest BCUT2D eigenvalue weighted by molar-refractivity contribution is -0.120. The molecule has 0 aliphatic rings. The highest BCUT2D eigenvalue weighted by molar-refractivity contribution is 7.92. The molecule has 0 heterocycles. The third-order valence-electron chi connectivity index (χ3n) is 4.35. The van der Waals surface area contributed by atoms with Crippen LogP contribution in [0.1, 0.15) is 32.8 Å². The van der Waals surface area contributed by atoms with E-state index >= 15 is 0 Å². The number of carbonyl (C=O) groups is 1. The second-order valence-corrected chi connectivity index (χ2v) is 8.46. The molecule has 2 rings (SSSR count). The molecule has 0 unspecified atom stereocenters. The first-order chi connectivity index (χ1) is 13.3. The van der Waals surface area contributed by atoms with Crippen molar-refractivity contribution in [2.24, 2.45) is 0 Å². The van der Waals surface area contributed by atoms with Crippen LogP contribution in [-0.4, -0.2) is 33.5 Å².